The van der Waals surface area contributed by atoms with Gasteiger partial charge in [0.25, 0.3) is 0 Å². The molecule has 1 N–H and O–H groups in total. The van der Waals surface area contributed by atoms with Crippen LogP contribution in [0.3, 0.4) is 0 Å². The van der Waals surface area contributed by atoms with Crippen LogP contribution in [0.5, 0.6) is 0 Å². The molecule has 0 saturated carbocycles. The molecule has 1 aromatic carbocycles. The lowest BCUT2D eigenvalue weighted by atomic mass is 10.2. The number of thioether (sulfide) groups is 1. The van der Waals surface area contributed by atoms with E-state index in [0.29, 0.717) is 10.6 Å². The Morgan fingerprint density at radius 2 is 2.06 bits per heavy atom. The molecule has 1 atom stereocenters. The predicted molar refractivity (Wildman–Crippen MR) is 70.1 cm³/mol. The summed E-state index contributed by atoms with van der Waals surface area (Å²) >= 11 is 12.5. The molecule has 0 spiro atoms. The number of carboxylic acids is 1. The zero-order valence-corrected chi connectivity index (χ0v) is 11.3. The van der Waals surface area contributed by atoms with E-state index in [2.05, 4.69) is 0 Å². The molecule has 0 saturated heterocycles. The summed E-state index contributed by atoms with van der Waals surface area (Å²) in [4.78, 5) is 22.3. The van der Waals surface area contributed by atoms with Gasteiger partial charge in [0, 0.05) is 16.3 Å². The molecule has 0 radical (unpaired) electrons. The van der Waals surface area contributed by atoms with Crippen LogP contribution in [0.15, 0.2) is 18.2 Å². The average molecular weight is 293 g/mol. The molecule has 0 bridgehead atoms. The molecular weight excluding hydrogens is 283 g/mol. The predicted octanol–water partition coefficient (Wildman–Crippen LogP) is 3.59. The van der Waals surface area contributed by atoms with Crippen molar-refractivity contribution in [3.05, 3.63) is 33.8 Å². The van der Waals surface area contributed by atoms with E-state index in [0.717, 1.165) is 11.8 Å². The maximum atomic E-state index is 11.7. The van der Waals surface area contributed by atoms with Crippen molar-refractivity contribution in [3.63, 3.8) is 0 Å². The van der Waals surface area contributed by atoms with Crippen LogP contribution in [0.2, 0.25) is 10.0 Å². The second-order valence-electron chi connectivity index (χ2n) is 3.46. The van der Waals surface area contributed by atoms with E-state index >= 15 is 0 Å². The summed E-state index contributed by atoms with van der Waals surface area (Å²) in [6.45, 7) is 1.55. The molecule has 3 nitrogen and oxygen atoms in total. The van der Waals surface area contributed by atoms with Gasteiger partial charge < -0.3 is 5.11 Å². The van der Waals surface area contributed by atoms with Crippen LogP contribution in [-0.2, 0) is 4.79 Å². The second-order valence-corrected chi connectivity index (χ2v) is 5.30. The molecule has 0 unspecified atom stereocenters. The van der Waals surface area contributed by atoms with Gasteiger partial charge in [-0.2, -0.15) is 0 Å². The highest BCUT2D eigenvalue weighted by atomic mass is 35.5. The molecular formula is C11H10Cl2O3S. The molecule has 6 heteroatoms. The number of halogens is 2. The third kappa shape index (κ3) is 4.22. The van der Waals surface area contributed by atoms with Crippen LogP contribution in [0.4, 0.5) is 0 Å². The first kappa shape index (κ1) is 14.4. The summed E-state index contributed by atoms with van der Waals surface area (Å²) in [6, 6.07) is 4.59. The van der Waals surface area contributed by atoms with Crippen molar-refractivity contribution in [3.8, 4) is 0 Å². The van der Waals surface area contributed by atoms with Gasteiger partial charge in [-0.15, -0.1) is 0 Å². The zero-order chi connectivity index (χ0) is 13.0. The van der Waals surface area contributed by atoms with Crippen molar-refractivity contribution in [1.82, 2.24) is 0 Å². The van der Waals surface area contributed by atoms with Gasteiger partial charge >= 0.3 is 5.97 Å². The number of aliphatic carboxylic acids is 1. The monoisotopic (exact) mass is 292 g/mol. The number of carbonyl (C=O) groups excluding carboxylic acids is 1. The Hall–Kier alpha value is -0.710. The Morgan fingerprint density at radius 3 is 2.59 bits per heavy atom. The summed E-state index contributed by atoms with van der Waals surface area (Å²) in [5.41, 5.74) is 0.346. The lowest BCUT2D eigenvalue weighted by Crippen LogP contribution is -2.13. The Morgan fingerprint density at radius 1 is 1.41 bits per heavy atom. The number of hydrogen-bond acceptors (Lipinski definition) is 3. The van der Waals surface area contributed by atoms with E-state index in [4.69, 9.17) is 28.3 Å². The fourth-order valence-corrected chi connectivity index (χ4v) is 2.43. The van der Waals surface area contributed by atoms with E-state index in [1.807, 2.05) is 0 Å². The van der Waals surface area contributed by atoms with Crippen LogP contribution in [0.1, 0.15) is 17.3 Å². The molecule has 0 aliphatic heterocycles. The third-order valence-corrected chi connectivity index (χ3v) is 3.73. The maximum absolute atomic E-state index is 11.7. The van der Waals surface area contributed by atoms with Gasteiger partial charge in [0.05, 0.1) is 10.9 Å². The van der Waals surface area contributed by atoms with Gasteiger partial charge in [0.1, 0.15) is 0 Å². The van der Waals surface area contributed by atoms with Gasteiger partial charge in [-0.1, -0.05) is 41.9 Å². The zero-order valence-electron chi connectivity index (χ0n) is 8.94. The van der Waals surface area contributed by atoms with E-state index in [1.54, 1.807) is 13.0 Å². The average Bonchev–Trinajstić information content (AvgIpc) is 2.25. The number of hydrogen-bond donors (Lipinski definition) is 1. The molecule has 92 valence electrons. The molecule has 0 fully saturated rings. The van der Waals surface area contributed by atoms with Crippen LogP contribution < -0.4 is 0 Å². The summed E-state index contributed by atoms with van der Waals surface area (Å²) in [6.07, 6.45) is 0. The van der Waals surface area contributed by atoms with Crippen LogP contribution >= 0.6 is 35.0 Å². The topological polar surface area (TPSA) is 54.4 Å². The number of benzene rings is 1. The lowest BCUT2D eigenvalue weighted by Gasteiger charge is -2.06. The van der Waals surface area contributed by atoms with Crippen molar-refractivity contribution in [1.29, 1.82) is 0 Å². The van der Waals surface area contributed by atoms with Gasteiger partial charge in [-0.05, 0) is 18.2 Å². The standard InChI is InChI=1S/C11H10Cl2O3S/c1-6(10(14)15)5-17-11(16)8-3-2-7(12)4-9(8)13/h2-4,6H,5H2,1H3,(H,14,15)/t6-/m0/s1. The van der Waals surface area contributed by atoms with Crippen LogP contribution in [0.25, 0.3) is 0 Å². The van der Waals surface area contributed by atoms with E-state index in [1.165, 1.54) is 12.1 Å². The van der Waals surface area contributed by atoms with Crippen molar-refractivity contribution < 1.29 is 14.7 Å². The fraction of sp³-hybridized carbons (Fsp3) is 0.273. The smallest absolute Gasteiger partial charge is 0.307 e. The SMILES string of the molecule is C[C@@H](CSC(=O)c1ccc(Cl)cc1Cl)C(=O)O. The molecule has 17 heavy (non-hydrogen) atoms. The molecule has 0 aliphatic rings. The summed E-state index contributed by atoms with van der Waals surface area (Å²) in [7, 11) is 0. The highest BCUT2D eigenvalue weighted by Gasteiger charge is 2.16. The Kier molecular flexibility index (Phi) is 5.31. The summed E-state index contributed by atoms with van der Waals surface area (Å²) in [5.74, 6) is -1.28. The number of rotatable bonds is 4. The Labute approximate surface area is 113 Å². The number of carbonyl (C=O) groups is 2. The van der Waals surface area contributed by atoms with Crippen LogP contribution in [-0.4, -0.2) is 21.9 Å². The largest absolute Gasteiger partial charge is 0.481 e. The van der Waals surface area contributed by atoms with Gasteiger partial charge in [-0.25, -0.2) is 0 Å². The van der Waals surface area contributed by atoms with Crippen LogP contribution in [0, 0.1) is 5.92 Å². The maximum Gasteiger partial charge on any atom is 0.307 e. The molecule has 1 rings (SSSR count). The second kappa shape index (κ2) is 6.28. The van der Waals surface area contributed by atoms with Gasteiger partial charge in [0.15, 0.2) is 0 Å². The molecule has 0 amide bonds. The summed E-state index contributed by atoms with van der Waals surface area (Å²) < 4.78 is 0. The van der Waals surface area contributed by atoms with Crippen molar-refractivity contribution in [2.24, 2.45) is 5.92 Å². The molecule has 1 aromatic rings. The van der Waals surface area contributed by atoms with E-state index < -0.39 is 11.9 Å². The fourth-order valence-electron chi connectivity index (χ4n) is 1.00. The Balaban J connectivity index is 2.67. The lowest BCUT2D eigenvalue weighted by molar-refractivity contribution is -0.140. The quantitative estimate of drug-likeness (QED) is 0.921. The van der Waals surface area contributed by atoms with Gasteiger partial charge in [-0.3, -0.25) is 9.59 Å². The normalized spacial score (nSPS) is 12.2. The van der Waals surface area contributed by atoms with E-state index in [-0.39, 0.29) is 15.9 Å². The molecule has 0 aromatic heterocycles. The van der Waals surface area contributed by atoms with Gasteiger partial charge in [0.2, 0.25) is 5.12 Å². The van der Waals surface area contributed by atoms with Crippen molar-refractivity contribution in [2.45, 2.75) is 6.92 Å². The Bertz CT molecular complexity index is 448. The first-order valence-corrected chi connectivity index (χ1v) is 6.51. The molecule has 0 aliphatic carbocycles. The van der Waals surface area contributed by atoms with E-state index in [9.17, 15) is 9.59 Å². The van der Waals surface area contributed by atoms with Crippen molar-refractivity contribution in [2.75, 3.05) is 5.75 Å². The highest BCUT2D eigenvalue weighted by Crippen LogP contribution is 2.25. The molecule has 0 heterocycles. The summed E-state index contributed by atoms with van der Waals surface area (Å²) in [5, 5.41) is 9.17. The van der Waals surface area contributed by atoms with Crippen molar-refractivity contribution >= 4 is 46.0 Å². The number of carboxylic acid groups (broad SMARTS) is 1. The minimum Gasteiger partial charge on any atom is -0.481 e. The third-order valence-electron chi connectivity index (χ3n) is 2.04. The minimum absolute atomic E-state index is 0.215. The minimum atomic E-state index is -0.924. The first-order valence-electron chi connectivity index (χ1n) is 4.76. The highest BCUT2D eigenvalue weighted by molar-refractivity contribution is 8.14. The first-order chi connectivity index (χ1) is 7.91.